The topological polar surface area (TPSA) is 42.9 Å². The van der Waals surface area contributed by atoms with Crippen molar-refractivity contribution < 1.29 is 0 Å². The Kier molecular flexibility index (Phi) is 5.26. The third-order valence-corrected chi connectivity index (χ3v) is 3.67. The summed E-state index contributed by atoms with van der Waals surface area (Å²) in [6, 6.07) is 0.669. The van der Waals surface area contributed by atoms with Gasteiger partial charge in [0.1, 0.15) is 0 Å². The molecular weight excluding hydrogens is 226 g/mol. The summed E-state index contributed by atoms with van der Waals surface area (Å²) in [5, 5.41) is 6.81. The maximum Gasteiger partial charge on any atom is 0.191 e. The van der Waals surface area contributed by atoms with Crippen LogP contribution in [0.1, 0.15) is 19.3 Å². The highest BCUT2D eigenvalue weighted by Crippen LogP contribution is 2.18. The lowest BCUT2D eigenvalue weighted by Crippen LogP contribution is -2.43. The average Bonchev–Trinajstić information content (AvgIpc) is 3.18. The van der Waals surface area contributed by atoms with E-state index in [-0.39, 0.29) is 0 Å². The maximum absolute atomic E-state index is 4.25. The molecule has 0 aromatic rings. The molecule has 0 aromatic carbocycles. The molecule has 0 atom stereocenters. The van der Waals surface area contributed by atoms with Gasteiger partial charge in [-0.2, -0.15) is 0 Å². The average molecular weight is 253 g/mol. The summed E-state index contributed by atoms with van der Waals surface area (Å²) in [6.07, 6.45) is 3.86. The van der Waals surface area contributed by atoms with E-state index in [1.54, 1.807) is 0 Å². The minimum Gasteiger partial charge on any atom is -0.355 e. The second-order valence-electron chi connectivity index (χ2n) is 5.42. The zero-order valence-electron chi connectivity index (χ0n) is 11.8. The Bertz CT molecular complexity index is 275. The molecule has 2 fully saturated rings. The van der Waals surface area contributed by atoms with Gasteiger partial charge in [0, 0.05) is 39.3 Å². The first-order valence-electron chi connectivity index (χ1n) is 7.16. The summed E-state index contributed by atoms with van der Waals surface area (Å²) in [5.41, 5.74) is 0. The lowest BCUT2D eigenvalue weighted by molar-refractivity contribution is 0.280. The Labute approximate surface area is 111 Å². The number of nitrogens with zero attached hydrogens (tertiary/aromatic N) is 3. The molecule has 5 nitrogen and oxygen atoms in total. The Hall–Kier alpha value is -0.810. The first kappa shape index (κ1) is 13.6. The van der Waals surface area contributed by atoms with Gasteiger partial charge < -0.3 is 20.4 Å². The SMILES string of the molecule is CN=C(NCCN1CCCN(C)CC1)NC1CC1. The molecule has 0 aromatic heterocycles. The zero-order valence-corrected chi connectivity index (χ0v) is 11.8. The molecule has 18 heavy (non-hydrogen) atoms. The van der Waals surface area contributed by atoms with Crippen molar-refractivity contribution in [2.75, 3.05) is 53.4 Å². The van der Waals surface area contributed by atoms with Crippen molar-refractivity contribution in [3.05, 3.63) is 0 Å². The number of likely N-dealkylation sites (N-methyl/N-ethyl adjacent to an activating group) is 1. The lowest BCUT2D eigenvalue weighted by atomic mass is 10.4. The maximum atomic E-state index is 4.25. The fourth-order valence-electron chi connectivity index (χ4n) is 2.27. The van der Waals surface area contributed by atoms with Gasteiger partial charge in [0.2, 0.25) is 0 Å². The van der Waals surface area contributed by atoms with Crippen molar-refractivity contribution in [1.29, 1.82) is 0 Å². The first-order chi connectivity index (χ1) is 8.78. The third-order valence-electron chi connectivity index (χ3n) is 3.67. The van der Waals surface area contributed by atoms with E-state index in [2.05, 4.69) is 32.5 Å². The molecule has 2 aliphatic rings. The number of nitrogens with one attached hydrogen (secondary N) is 2. The Morgan fingerprint density at radius 1 is 1.22 bits per heavy atom. The zero-order chi connectivity index (χ0) is 12.8. The third kappa shape index (κ3) is 4.82. The standard InChI is InChI=1S/C13H27N5/c1-14-13(16-12-4-5-12)15-6-9-18-8-3-7-17(2)10-11-18/h12H,3-11H2,1-2H3,(H2,14,15,16). The van der Waals surface area contributed by atoms with Gasteiger partial charge in [-0.1, -0.05) is 0 Å². The molecule has 0 bridgehead atoms. The second-order valence-corrected chi connectivity index (χ2v) is 5.42. The fourth-order valence-corrected chi connectivity index (χ4v) is 2.27. The number of hydrogen-bond acceptors (Lipinski definition) is 3. The normalized spacial score (nSPS) is 23.8. The van der Waals surface area contributed by atoms with E-state index in [0.717, 1.165) is 19.0 Å². The summed E-state index contributed by atoms with van der Waals surface area (Å²) in [6.45, 7) is 6.92. The van der Waals surface area contributed by atoms with Crippen LogP contribution < -0.4 is 10.6 Å². The molecule has 104 valence electrons. The van der Waals surface area contributed by atoms with E-state index in [1.165, 1.54) is 45.4 Å². The van der Waals surface area contributed by atoms with Gasteiger partial charge in [0.15, 0.2) is 5.96 Å². The molecule has 1 aliphatic heterocycles. The van der Waals surface area contributed by atoms with Crippen molar-refractivity contribution in [1.82, 2.24) is 20.4 Å². The Morgan fingerprint density at radius 2 is 2.06 bits per heavy atom. The van der Waals surface area contributed by atoms with Crippen molar-refractivity contribution in [2.24, 2.45) is 4.99 Å². The van der Waals surface area contributed by atoms with Crippen LogP contribution in [0.2, 0.25) is 0 Å². The van der Waals surface area contributed by atoms with Gasteiger partial charge in [-0.15, -0.1) is 0 Å². The molecule has 1 heterocycles. The molecule has 0 unspecified atom stereocenters. The fraction of sp³-hybridized carbons (Fsp3) is 0.923. The summed E-state index contributed by atoms with van der Waals surface area (Å²) in [5.74, 6) is 0.962. The smallest absolute Gasteiger partial charge is 0.191 e. The van der Waals surface area contributed by atoms with Crippen LogP contribution in [-0.4, -0.2) is 75.2 Å². The summed E-state index contributed by atoms with van der Waals surface area (Å²) in [4.78, 5) is 9.21. The summed E-state index contributed by atoms with van der Waals surface area (Å²) >= 11 is 0. The van der Waals surface area contributed by atoms with E-state index < -0.39 is 0 Å². The second kappa shape index (κ2) is 6.95. The number of hydrogen-bond donors (Lipinski definition) is 2. The molecule has 1 saturated heterocycles. The van der Waals surface area contributed by atoms with Crippen molar-refractivity contribution in [3.63, 3.8) is 0 Å². The molecule has 0 radical (unpaired) electrons. The summed E-state index contributed by atoms with van der Waals surface area (Å²) < 4.78 is 0. The van der Waals surface area contributed by atoms with Crippen LogP contribution in [0.5, 0.6) is 0 Å². The highest BCUT2D eigenvalue weighted by atomic mass is 15.2. The van der Waals surface area contributed by atoms with Crippen molar-refractivity contribution >= 4 is 5.96 Å². The molecule has 1 saturated carbocycles. The van der Waals surface area contributed by atoms with Crippen LogP contribution >= 0.6 is 0 Å². The Balaban J connectivity index is 1.61. The van der Waals surface area contributed by atoms with Gasteiger partial charge in [0.25, 0.3) is 0 Å². The van der Waals surface area contributed by atoms with Crippen molar-refractivity contribution in [2.45, 2.75) is 25.3 Å². The van der Waals surface area contributed by atoms with Crippen molar-refractivity contribution in [3.8, 4) is 0 Å². The molecule has 0 spiro atoms. The van der Waals surface area contributed by atoms with E-state index in [1.807, 2.05) is 7.05 Å². The molecule has 2 N–H and O–H groups in total. The van der Waals surface area contributed by atoms with E-state index in [0.29, 0.717) is 6.04 Å². The molecular formula is C13H27N5. The van der Waals surface area contributed by atoms with E-state index >= 15 is 0 Å². The van der Waals surface area contributed by atoms with Gasteiger partial charge in [-0.05, 0) is 39.4 Å². The largest absolute Gasteiger partial charge is 0.355 e. The Morgan fingerprint density at radius 3 is 2.78 bits per heavy atom. The lowest BCUT2D eigenvalue weighted by Gasteiger charge is -2.21. The first-order valence-corrected chi connectivity index (χ1v) is 7.16. The van der Waals surface area contributed by atoms with E-state index in [9.17, 15) is 0 Å². The van der Waals surface area contributed by atoms with Crippen LogP contribution in [0, 0.1) is 0 Å². The minimum absolute atomic E-state index is 0.669. The van der Waals surface area contributed by atoms with E-state index in [4.69, 9.17) is 0 Å². The number of aliphatic imine (C=N–C) groups is 1. The minimum atomic E-state index is 0.669. The summed E-state index contributed by atoms with van der Waals surface area (Å²) in [7, 11) is 4.06. The van der Waals surface area contributed by atoms with Crippen LogP contribution in [0.4, 0.5) is 0 Å². The predicted octanol–water partition coefficient (Wildman–Crippen LogP) is -0.0487. The molecule has 0 amide bonds. The van der Waals surface area contributed by atoms with Crippen LogP contribution in [0.15, 0.2) is 4.99 Å². The predicted molar refractivity (Wildman–Crippen MR) is 76.1 cm³/mol. The number of rotatable bonds is 4. The van der Waals surface area contributed by atoms with Crippen LogP contribution in [0.25, 0.3) is 0 Å². The number of guanidine groups is 1. The van der Waals surface area contributed by atoms with Crippen LogP contribution in [-0.2, 0) is 0 Å². The van der Waals surface area contributed by atoms with Gasteiger partial charge in [-0.3, -0.25) is 4.99 Å². The highest BCUT2D eigenvalue weighted by molar-refractivity contribution is 5.80. The van der Waals surface area contributed by atoms with Crippen LogP contribution in [0.3, 0.4) is 0 Å². The quantitative estimate of drug-likeness (QED) is 0.545. The molecule has 5 heteroatoms. The molecule has 1 aliphatic carbocycles. The van der Waals surface area contributed by atoms with Gasteiger partial charge >= 0.3 is 0 Å². The van der Waals surface area contributed by atoms with Gasteiger partial charge in [-0.25, -0.2) is 0 Å². The van der Waals surface area contributed by atoms with Gasteiger partial charge in [0.05, 0.1) is 0 Å². The monoisotopic (exact) mass is 253 g/mol. The molecule has 2 rings (SSSR count). The highest BCUT2D eigenvalue weighted by Gasteiger charge is 2.22.